The smallest absolute Gasteiger partial charge is 0.390 e. The average Bonchev–Trinajstić information content (AvgIpc) is 3.04. The Morgan fingerprint density at radius 3 is 2.30 bits per heavy atom. The molecule has 46 heavy (non-hydrogen) atoms. The highest BCUT2D eigenvalue weighted by atomic mass is 32.2. The average molecular weight is 669 g/mol. The van der Waals surface area contributed by atoms with E-state index in [1.165, 1.54) is 22.7 Å². The predicted molar refractivity (Wildman–Crippen MR) is 172 cm³/mol. The van der Waals surface area contributed by atoms with E-state index >= 15 is 0 Å². The monoisotopic (exact) mass is 668 g/mol. The predicted octanol–water partition coefficient (Wildman–Crippen LogP) is 4.03. The molecule has 3 N–H and O–H groups in total. The van der Waals surface area contributed by atoms with Crippen molar-refractivity contribution in [2.24, 2.45) is 10.7 Å². The van der Waals surface area contributed by atoms with Crippen molar-refractivity contribution in [3.63, 3.8) is 0 Å². The molecule has 3 saturated heterocycles. The summed E-state index contributed by atoms with van der Waals surface area (Å²) in [6.45, 7) is 9.11. The molecule has 1 aromatic rings. The number of likely N-dealkylation sites (tertiary alicyclic amines) is 2. The number of hydrogen-bond acceptors (Lipinski definition) is 7. The zero-order valence-electron chi connectivity index (χ0n) is 26.9. The number of carbonyl (C=O) groups is 1. The number of benzene rings is 1. The second-order valence-electron chi connectivity index (χ2n) is 12.5. The van der Waals surface area contributed by atoms with E-state index in [2.05, 4.69) is 21.8 Å². The van der Waals surface area contributed by atoms with Gasteiger partial charge in [-0.15, -0.1) is 0 Å². The van der Waals surface area contributed by atoms with Crippen molar-refractivity contribution in [1.82, 2.24) is 19.4 Å². The first kappa shape index (κ1) is 35.9. The second kappa shape index (κ2) is 15.3. The largest absolute Gasteiger partial charge is 0.416 e. The van der Waals surface area contributed by atoms with Crippen LogP contribution in [-0.4, -0.2) is 99.0 Å². The van der Waals surface area contributed by atoms with E-state index in [9.17, 15) is 26.4 Å². The molecule has 256 valence electrons. The third kappa shape index (κ3) is 9.11. The minimum atomic E-state index is -4.38. The SMILES string of the molecule is C=C(NC[C@@H]1CCC[C@H](c2ccc(C(F)(F)F)cc2)O1)/C(C)=C(\N=C/N)C(=O)N1CCC(N2CCC(N(C)S(C)(=O)=O)CC2)CC1. The van der Waals surface area contributed by atoms with Crippen LogP contribution in [0.3, 0.4) is 0 Å². The number of amides is 1. The fourth-order valence-corrected chi connectivity index (χ4v) is 7.30. The molecule has 0 spiro atoms. The van der Waals surface area contributed by atoms with Gasteiger partial charge in [0.2, 0.25) is 10.0 Å². The van der Waals surface area contributed by atoms with E-state index in [1.54, 1.807) is 18.9 Å². The van der Waals surface area contributed by atoms with Gasteiger partial charge in [0.25, 0.3) is 5.91 Å². The molecule has 3 heterocycles. The van der Waals surface area contributed by atoms with Crippen LogP contribution < -0.4 is 11.1 Å². The van der Waals surface area contributed by atoms with E-state index in [1.807, 2.05) is 0 Å². The van der Waals surface area contributed by atoms with Gasteiger partial charge >= 0.3 is 6.18 Å². The van der Waals surface area contributed by atoms with Crippen LogP contribution in [-0.2, 0) is 25.7 Å². The van der Waals surface area contributed by atoms with Gasteiger partial charge in [-0.2, -0.15) is 13.2 Å². The van der Waals surface area contributed by atoms with Crippen molar-refractivity contribution in [2.75, 3.05) is 46.0 Å². The van der Waals surface area contributed by atoms with Gasteiger partial charge in [0, 0.05) is 50.0 Å². The Kier molecular flexibility index (Phi) is 11.9. The highest BCUT2D eigenvalue weighted by Gasteiger charge is 2.34. The van der Waals surface area contributed by atoms with Gasteiger partial charge in [-0.3, -0.25) is 4.79 Å². The number of sulfonamides is 1. The summed E-state index contributed by atoms with van der Waals surface area (Å²) in [5.74, 6) is -0.217. The molecule has 2 atom stereocenters. The first-order chi connectivity index (χ1) is 21.7. The lowest BCUT2D eigenvalue weighted by atomic mass is 9.97. The van der Waals surface area contributed by atoms with E-state index in [0.717, 1.165) is 76.5 Å². The number of hydrogen-bond donors (Lipinski definition) is 2. The summed E-state index contributed by atoms with van der Waals surface area (Å²) >= 11 is 0. The molecule has 0 bridgehead atoms. The molecule has 1 amide bonds. The number of rotatable bonds is 10. The minimum absolute atomic E-state index is 0.0181. The van der Waals surface area contributed by atoms with Gasteiger partial charge in [0.1, 0.15) is 5.70 Å². The van der Waals surface area contributed by atoms with Gasteiger partial charge in [-0.25, -0.2) is 17.7 Å². The van der Waals surface area contributed by atoms with Crippen molar-refractivity contribution in [3.8, 4) is 0 Å². The maximum Gasteiger partial charge on any atom is 0.416 e. The third-order valence-electron chi connectivity index (χ3n) is 9.52. The van der Waals surface area contributed by atoms with Gasteiger partial charge < -0.3 is 25.6 Å². The number of nitrogens with zero attached hydrogens (tertiary/aromatic N) is 4. The summed E-state index contributed by atoms with van der Waals surface area (Å²) < 4.78 is 70.4. The van der Waals surface area contributed by atoms with E-state index in [0.29, 0.717) is 42.5 Å². The van der Waals surface area contributed by atoms with E-state index in [-0.39, 0.29) is 29.9 Å². The number of piperidine rings is 2. The van der Waals surface area contributed by atoms with Crippen LogP contribution in [0, 0.1) is 0 Å². The Balaban J connectivity index is 1.29. The van der Waals surface area contributed by atoms with Gasteiger partial charge in [0.05, 0.1) is 30.4 Å². The van der Waals surface area contributed by atoms with Crippen LogP contribution in [0.1, 0.15) is 69.1 Å². The molecule has 4 rings (SSSR count). The number of halogens is 3. The van der Waals surface area contributed by atoms with Crippen molar-refractivity contribution in [3.05, 3.63) is 58.9 Å². The summed E-state index contributed by atoms with van der Waals surface area (Å²) in [4.78, 5) is 22.0. The van der Waals surface area contributed by atoms with Crippen LogP contribution in [0.2, 0.25) is 0 Å². The lowest BCUT2D eigenvalue weighted by molar-refractivity contribution is -0.137. The Labute approximate surface area is 270 Å². The van der Waals surface area contributed by atoms with Crippen molar-refractivity contribution < 1.29 is 31.1 Å². The molecule has 3 aliphatic rings. The number of ether oxygens (including phenoxy) is 1. The normalized spacial score (nSPS) is 23.5. The summed E-state index contributed by atoms with van der Waals surface area (Å²) in [6.07, 6.45) is 3.07. The summed E-state index contributed by atoms with van der Waals surface area (Å²) in [5.41, 5.74) is 6.97. The molecule has 14 heteroatoms. The Morgan fingerprint density at radius 1 is 1.11 bits per heavy atom. The number of nitrogens with one attached hydrogen (secondary N) is 1. The highest BCUT2D eigenvalue weighted by molar-refractivity contribution is 7.88. The maximum atomic E-state index is 13.6. The minimum Gasteiger partial charge on any atom is -0.390 e. The fraction of sp³-hybridized carbons (Fsp3) is 0.625. The van der Waals surface area contributed by atoms with Crippen LogP contribution in [0.15, 0.2) is 52.8 Å². The lowest BCUT2D eigenvalue weighted by Gasteiger charge is -2.43. The third-order valence-corrected chi connectivity index (χ3v) is 10.9. The molecule has 0 aromatic heterocycles. The van der Waals surface area contributed by atoms with E-state index < -0.39 is 21.8 Å². The van der Waals surface area contributed by atoms with Gasteiger partial charge in [-0.1, -0.05) is 18.7 Å². The molecule has 0 aliphatic carbocycles. The van der Waals surface area contributed by atoms with Crippen LogP contribution in [0.25, 0.3) is 0 Å². The van der Waals surface area contributed by atoms with Crippen molar-refractivity contribution in [1.29, 1.82) is 0 Å². The standard InChI is InChI=1S/C32H47F3N6O4S/c1-22(23(2)37-20-28-6-5-7-29(45-28)24-8-10-25(11-9-24)32(33,34)35)30(38-21-36)31(42)41-18-14-27(15-19-41)40-16-12-26(13-17-40)39(3)46(4,43)44/h8-11,21,26-29,37H,2,5-7,12-20H2,1,3-4H3,(H2,36,38)/b30-22-/t28-,29+/m0/s1. The van der Waals surface area contributed by atoms with E-state index in [4.69, 9.17) is 10.5 Å². The first-order valence-electron chi connectivity index (χ1n) is 15.9. The molecular weight excluding hydrogens is 621 g/mol. The number of carbonyl (C=O) groups excluding carboxylic acids is 1. The number of nitrogens with two attached hydrogens (primary N) is 1. The highest BCUT2D eigenvalue weighted by Crippen LogP contribution is 2.34. The molecule has 0 unspecified atom stereocenters. The molecular formula is C32H47F3N6O4S. The molecule has 10 nitrogen and oxygen atoms in total. The van der Waals surface area contributed by atoms with Crippen LogP contribution in [0.5, 0.6) is 0 Å². The zero-order chi connectivity index (χ0) is 33.6. The molecule has 0 radical (unpaired) electrons. The Bertz CT molecular complexity index is 1380. The Morgan fingerprint density at radius 2 is 1.74 bits per heavy atom. The quantitative estimate of drug-likeness (QED) is 0.167. The topological polar surface area (TPSA) is 121 Å². The summed E-state index contributed by atoms with van der Waals surface area (Å²) in [7, 11) is -1.57. The first-order valence-corrected chi connectivity index (χ1v) is 17.7. The number of allylic oxidation sites excluding steroid dienone is 1. The van der Waals surface area contributed by atoms with Crippen LogP contribution in [0.4, 0.5) is 13.2 Å². The molecule has 3 aliphatic heterocycles. The van der Waals surface area contributed by atoms with Gasteiger partial charge in [0.15, 0.2) is 0 Å². The second-order valence-corrected chi connectivity index (χ2v) is 14.5. The summed E-state index contributed by atoms with van der Waals surface area (Å²) in [5, 5.41) is 3.26. The summed E-state index contributed by atoms with van der Waals surface area (Å²) in [6, 6.07) is 5.47. The molecule has 1 aromatic carbocycles. The zero-order valence-corrected chi connectivity index (χ0v) is 27.7. The van der Waals surface area contributed by atoms with Crippen molar-refractivity contribution in [2.45, 2.75) is 82.3 Å². The number of alkyl halides is 3. The molecule has 3 fully saturated rings. The van der Waals surface area contributed by atoms with Crippen molar-refractivity contribution >= 4 is 22.3 Å². The van der Waals surface area contributed by atoms with Crippen LogP contribution >= 0.6 is 0 Å². The van der Waals surface area contributed by atoms with Gasteiger partial charge in [-0.05, 0) is 82.7 Å². The fourth-order valence-electron chi connectivity index (χ4n) is 6.55. The number of aliphatic imine (C=N–C) groups is 1. The maximum absolute atomic E-state index is 13.6. The molecule has 0 saturated carbocycles. The lowest BCUT2D eigenvalue weighted by Crippen LogP contribution is -2.52. The Hall–Kier alpha value is -2.94.